The molecule has 0 aromatic heterocycles. The molecule has 0 spiro atoms. The molecule has 0 aromatic rings. The van der Waals surface area contributed by atoms with E-state index in [9.17, 15) is 5.11 Å². The van der Waals surface area contributed by atoms with E-state index in [2.05, 4.69) is 25.2 Å². The topological polar surface area (TPSA) is 20.2 Å². The van der Waals surface area contributed by atoms with Crippen molar-refractivity contribution in [1.82, 2.24) is 0 Å². The van der Waals surface area contributed by atoms with Crippen molar-refractivity contribution < 1.29 is 5.11 Å². The van der Waals surface area contributed by atoms with Crippen LogP contribution in [0.3, 0.4) is 0 Å². The van der Waals surface area contributed by atoms with E-state index in [1.165, 1.54) is 18.4 Å². The van der Waals surface area contributed by atoms with Gasteiger partial charge in [0.15, 0.2) is 0 Å². The minimum atomic E-state index is -0.204. The number of aliphatic hydroxyl groups is 1. The van der Waals surface area contributed by atoms with E-state index in [1.54, 1.807) is 0 Å². The van der Waals surface area contributed by atoms with Crippen molar-refractivity contribution in [2.24, 2.45) is 5.92 Å². The lowest BCUT2D eigenvalue weighted by atomic mass is 9.93. The zero-order chi connectivity index (χ0) is 8.97. The minimum Gasteiger partial charge on any atom is -0.393 e. The number of rotatable bonds is 2. The Kier molecular flexibility index (Phi) is 3.54. The molecule has 0 bridgehead atoms. The quantitative estimate of drug-likeness (QED) is 0.668. The van der Waals surface area contributed by atoms with Crippen molar-refractivity contribution in [3.63, 3.8) is 0 Å². The molecule has 0 aliphatic heterocycles. The summed E-state index contributed by atoms with van der Waals surface area (Å²) in [6.45, 7) is 4.09. The first-order valence-corrected chi connectivity index (χ1v) is 4.74. The largest absolute Gasteiger partial charge is 0.393 e. The van der Waals surface area contributed by atoms with Gasteiger partial charge in [0, 0.05) is 0 Å². The predicted octanol–water partition coefficient (Wildman–Crippen LogP) is 2.67. The number of hydrogen-bond donors (Lipinski definition) is 1. The molecule has 1 rings (SSSR count). The standard InChI is InChI=1S/C11H18O/c1-9-6-4-3-5-7-11(9)8-10(2)12/h3,5,7,9-10,12H,4,6,8H2,1-2H3/t9?,10-/m0/s1. The Morgan fingerprint density at radius 3 is 3.08 bits per heavy atom. The van der Waals surface area contributed by atoms with Crippen LogP contribution in [0.2, 0.25) is 0 Å². The zero-order valence-electron chi connectivity index (χ0n) is 7.96. The summed E-state index contributed by atoms with van der Waals surface area (Å²) in [5.74, 6) is 0.634. The lowest BCUT2D eigenvalue weighted by Gasteiger charge is -2.15. The van der Waals surface area contributed by atoms with E-state index in [4.69, 9.17) is 0 Å². The summed E-state index contributed by atoms with van der Waals surface area (Å²) in [5.41, 5.74) is 1.39. The molecule has 1 unspecified atom stereocenters. The monoisotopic (exact) mass is 166 g/mol. The molecule has 12 heavy (non-hydrogen) atoms. The van der Waals surface area contributed by atoms with Crippen LogP contribution >= 0.6 is 0 Å². The molecule has 1 aliphatic carbocycles. The molecule has 1 N–H and O–H groups in total. The SMILES string of the molecule is CC1CCC=CC=C1C[C@H](C)O. The van der Waals surface area contributed by atoms with Gasteiger partial charge < -0.3 is 5.11 Å². The molecule has 0 fully saturated rings. The zero-order valence-corrected chi connectivity index (χ0v) is 7.96. The van der Waals surface area contributed by atoms with E-state index >= 15 is 0 Å². The average molecular weight is 166 g/mol. The Morgan fingerprint density at radius 1 is 1.67 bits per heavy atom. The van der Waals surface area contributed by atoms with Crippen LogP contribution in [0.5, 0.6) is 0 Å². The molecule has 0 radical (unpaired) electrons. The minimum absolute atomic E-state index is 0.204. The van der Waals surface area contributed by atoms with Gasteiger partial charge in [-0.25, -0.2) is 0 Å². The molecule has 1 nitrogen and oxygen atoms in total. The first-order chi connectivity index (χ1) is 5.70. The summed E-state index contributed by atoms with van der Waals surface area (Å²) < 4.78 is 0. The molecular weight excluding hydrogens is 148 g/mol. The number of allylic oxidation sites excluding steroid dienone is 3. The van der Waals surface area contributed by atoms with Gasteiger partial charge in [-0.3, -0.25) is 0 Å². The van der Waals surface area contributed by atoms with Crippen LogP contribution in [-0.4, -0.2) is 11.2 Å². The molecule has 2 atom stereocenters. The van der Waals surface area contributed by atoms with Crippen molar-refractivity contribution in [2.45, 2.75) is 39.2 Å². The van der Waals surface area contributed by atoms with Gasteiger partial charge in [-0.2, -0.15) is 0 Å². The molecule has 0 saturated heterocycles. The van der Waals surface area contributed by atoms with Gasteiger partial charge in [0.25, 0.3) is 0 Å². The Morgan fingerprint density at radius 2 is 2.42 bits per heavy atom. The number of aliphatic hydroxyl groups excluding tert-OH is 1. The van der Waals surface area contributed by atoms with Crippen LogP contribution in [0.15, 0.2) is 23.8 Å². The maximum Gasteiger partial charge on any atom is 0.0549 e. The molecule has 68 valence electrons. The third kappa shape index (κ3) is 2.82. The maximum atomic E-state index is 9.25. The second-order valence-electron chi connectivity index (χ2n) is 3.70. The molecule has 0 saturated carbocycles. The highest BCUT2D eigenvalue weighted by molar-refractivity contribution is 5.17. The van der Waals surface area contributed by atoms with Crippen LogP contribution in [0.25, 0.3) is 0 Å². The molecule has 0 heterocycles. The van der Waals surface area contributed by atoms with Crippen molar-refractivity contribution in [3.05, 3.63) is 23.8 Å². The fraction of sp³-hybridized carbons (Fsp3) is 0.636. The highest BCUT2D eigenvalue weighted by Crippen LogP contribution is 2.23. The number of hydrogen-bond acceptors (Lipinski definition) is 1. The van der Waals surface area contributed by atoms with Crippen LogP contribution in [0, 0.1) is 5.92 Å². The molecule has 0 aromatic carbocycles. The summed E-state index contributed by atoms with van der Waals surface area (Å²) in [6.07, 6.45) is 9.48. The van der Waals surface area contributed by atoms with Gasteiger partial charge >= 0.3 is 0 Å². The van der Waals surface area contributed by atoms with E-state index in [-0.39, 0.29) is 6.10 Å². The molecule has 0 amide bonds. The molecule has 1 aliphatic rings. The van der Waals surface area contributed by atoms with Gasteiger partial charge in [0.2, 0.25) is 0 Å². The van der Waals surface area contributed by atoms with Crippen molar-refractivity contribution in [3.8, 4) is 0 Å². The van der Waals surface area contributed by atoms with Crippen LogP contribution in [-0.2, 0) is 0 Å². The van der Waals surface area contributed by atoms with Gasteiger partial charge in [-0.15, -0.1) is 0 Å². The van der Waals surface area contributed by atoms with E-state index < -0.39 is 0 Å². The molecule has 1 heteroatoms. The third-order valence-corrected chi connectivity index (χ3v) is 2.38. The van der Waals surface area contributed by atoms with Crippen LogP contribution in [0.1, 0.15) is 33.1 Å². The van der Waals surface area contributed by atoms with Gasteiger partial charge in [0.1, 0.15) is 0 Å². The van der Waals surface area contributed by atoms with Crippen molar-refractivity contribution in [2.75, 3.05) is 0 Å². The first kappa shape index (κ1) is 9.53. The smallest absolute Gasteiger partial charge is 0.0549 e. The summed E-state index contributed by atoms with van der Waals surface area (Å²) in [5, 5.41) is 9.25. The van der Waals surface area contributed by atoms with E-state index in [1.807, 2.05) is 6.92 Å². The Balaban J connectivity index is 2.58. The summed E-state index contributed by atoms with van der Waals surface area (Å²) in [4.78, 5) is 0. The van der Waals surface area contributed by atoms with Crippen molar-refractivity contribution >= 4 is 0 Å². The maximum absolute atomic E-state index is 9.25. The van der Waals surface area contributed by atoms with E-state index in [0.717, 1.165) is 6.42 Å². The Hall–Kier alpha value is -0.560. The third-order valence-electron chi connectivity index (χ3n) is 2.38. The summed E-state index contributed by atoms with van der Waals surface area (Å²) in [6, 6.07) is 0. The molecular formula is C11H18O. The normalized spacial score (nSPS) is 26.2. The summed E-state index contributed by atoms with van der Waals surface area (Å²) in [7, 11) is 0. The van der Waals surface area contributed by atoms with Crippen LogP contribution < -0.4 is 0 Å². The highest BCUT2D eigenvalue weighted by atomic mass is 16.3. The van der Waals surface area contributed by atoms with Crippen molar-refractivity contribution in [1.29, 1.82) is 0 Å². The fourth-order valence-electron chi connectivity index (χ4n) is 1.59. The van der Waals surface area contributed by atoms with Gasteiger partial charge in [-0.05, 0) is 32.1 Å². The summed E-state index contributed by atoms with van der Waals surface area (Å²) >= 11 is 0. The van der Waals surface area contributed by atoms with E-state index in [0.29, 0.717) is 5.92 Å². The second kappa shape index (κ2) is 4.46. The second-order valence-corrected chi connectivity index (χ2v) is 3.70. The fourth-order valence-corrected chi connectivity index (χ4v) is 1.59. The Bertz CT molecular complexity index is 189. The lowest BCUT2D eigenvalue weighted by Crippen LogP contribution is -2.07. The average Bonchev–Trinajstić information content (AvgIpc) is 2.16. The highest BCUT2D eigenvalue weighted by Gasteiger charge is 2.11. The van der Waals surface area contributed by atoms with Gasteiger partial charge in [0.05, 0.1) is 6.10 Å². The first-order valence-electron chi connectivity index (χ1n) is 4.74. The van der Waals surface area contributed by atoms with Crippen LogP contribution in [0.4, 0.5) is 0 Å². The predicted molar refractivity (Wildman–Crippen MR) is 51.9 cm³/mol. The lowest BCUT2D eigenvalue weighted by molar-refractivity contribution is 0.191. The Labute approximate surface area is 74.8 Å². The van der Waals surface area contributed by atoms with Gasteiger partial charge in [-0.1, -0.05) is 30.7 Å².